The van der Waals surface area contributed by atoms with E-state index >= 15 is 0 Å². The second kappa shape index (κ2) is 7.43. The molecule has 0 radical (unpaired) electrons. The van der Waals surface area contributed by atoms with E-state index in [1.54, 1.807) is 6.20 Å². The van der Waals surface area contributed by atoms with Crippen LogP contribution in [0.15, 0.2) is 48.8 Å². The zero-order chi connectivity index (χ0) is 18.9. The highest BCUT2D eigenvalue weighted by Gasteiger charge is 2.40. The highest BCUT2D eigenvalue weighted by atomic mass is 16.2. The third-order valence-corrected chi connectivity index (χ3v) is 6.07. The summed E-state index contributed by atoms with van der Waals surface area (Å²) in [4.78, 5) is 21.6. The second-order valence-corrected chi connectivity index (χ2v) is 8.51. The Bertz CT molecular complexity index is 802. The normalized spacial score (nSPS) is 21.4. The molecule has 1 aromatic heterocycles. The largest absolute Gasteiger partial charge is 0.339 e. The van der Waals surface area contributed by atoms with Crippen LogP contribution in [-0.2, 0) is 16.6 Å². The number of aromatic nitrogens is 1. The van der Waals surface area contributed by atoms with E-state index in [4.69, 9.17) is 0 Å². The number of carbonyl (C=O) groups is 1. The Morgan fingerprint density at radius 3 is 2.85 bits per heavy atom. The van der Waals surface area contributed by atoms with Crippen LogP contribution < -0.4 is 0 Å². The lowest BCUT2D eigenvalue weighted by molar-refractivity contribution is -0.134. The molecule has 142 valence electrons. The first kappa shape index (κ1) is 18.2. The molecule has 1 saturated heterocycles. The summed E-state index contributed by atoms with van der Waals surface area (Å²) in [5.74, 6) is 0.292. The van der Waals surface area contributed by atoms with Crippen LogP contribution in [0.3, 0.4) is 0 Å². The summed E-state index contributed by atoms with van der Waals surface area (Å²) in [5, 5.41) is 0. The van der Waals surface area contributed by atoms with Crippen LogP contribution in [0, 0.1) is 0 Å². The highest BCUT2D eigenvalue weighted by Crippen LogP contribution is 2.40. The molecule has 1 fully saturated rings. The number of amides is 1. The van der Waals surface area contributed by atoms with Gasteiger partial charge in [-0.2, -0.15) is 0 Å². The van der Waals surface area contributed by atoms with Gasteiger partial charge in [0.2, 0.25) is 5.91 Å². The van der Waals surface area contributed by atoms with Gasteiger partial charge in [0, 0.05) is 50.4 Å². The highest BCUT2D eigenvalue weighted by molar-refractivity contribution is 5.76. The van der Waals surface area contributed by atoms with Crippen LogP contribution in [0.2, 0.25) is 0 Å². The molecule has 0 bridgehead atoms. The van der Waals surface area contributed by atoms with E-state index in [1.807, 2.05) is 12.3 Å². The maximum atomic E-state index is 12.8. The number of hydrogen-bond donors (Lipinski definition) is 0. The molecule has 2 aromatic rings. The van der Waals surface area contributed by atoms with Gasteiger partial charge in [-0.15, -0.1) is 0 Å². The van der Waals surface area contributed by atoms with E-state index < -0.39 is 0 Å². The van der Waals surface area contributed by atoms with Crippen molar-refractivity contribution in [3.05, 3.63) is 65.5 Å². The summed E-state index contributed by atoms with van der Waals surface area (Å²) >= 11 is 0. The Morgan fingerprint density at radius 1 is 1.19 bits per heavy atom. The third-order valence-electron chi connectivity index (χ3n) is 6.07. The maximum absolute atomic E-state index is 12.8. The molecular formula is C23H29N3O. The van der Waals surface area contributed by atoms with Crippen molar-refractivity contribution < 1.29 is 4.79 Å². The summed E-state index contributed by atoms with van der Waals surface area (Å²) < 4.78 is 0. The molecule has 4 heteroatoms. The SMILES string of the molecule is CC1(C)CN2CCN(C(=O)CCCc3cccnc3)CC2c2ccccc21. The fourth-order valence-electron chi connectivity index (χ4n) is 4.68. The molecule has 0 N–H and O–H groups in total. The molecule has 1 aromatic carbocycles. The summed E-state index contributed by atoms with van der Waals surface area (Å²) in [6, 6.07) is 13.2. The fourth-order valence-corrected chi connectivity index (χ4v) is 4.68. The summed E-state index contributed by atoms with van der Waals surface area (Å²) in [7, 11) is 0. The molecule has 1 unspecified atom stereocenters. The molecule has 3 heterocycles. The first-order valence-corrected chi connectivity index (χ1v) is 10.0. The van der Waals surface area contributed by atoms with E-state index in [0.29, 0.717) is 18.4 Å². The van der Waals surface area contributed by atoms with Crippen molar-refractivity contribution in [2.24, 2.45) is 0 Å². The number of pyridine rings is 1. The van der Waals surface area contributed by atoms with Crippen molar-refractivity contribution in [3.8, 4) is 0 Å². The minimum atomic E-state index is 0.170. The van der Waals surface area contributed by atoms with Gasteiger partial charge in [-0.1, -0.05) is 44.2 Å². The maximum Gasteiger partial charge on any atom is 0.222 e. The van der Waals surface area contributed by atoms with E-state index in [2.05, 4.69) is 59.0 Å². The molecule has 1 atom stereocenters. The van der Waals surface area contributed by atoms with Crippen molar-refractivity contribution >= 4 is 5.91 Å². The summed E-state index contributed by atoms with van der Waals surface area (Å²) in [6.07, 6.45) is 6.11. The number of aryl methyl sites for hydroxylation is 1. The van der Waals surface area contributed by atoms with E-state index in [0.717, 1.165) is 39.0 Å². The van der Waals surface area contributed by atoms with Gasteiger partial charge in [0.25, 0.3) is 0 Å². The van der Waals surface area contributed by atoms with Gasteiger partial charge in [-0.25, -0.2) is 0 Å². The predicted octanol–water partition coefficient (Wildman–Crippen LogP) is 3.58. The number of nitrogens with zero attached hydrogens (tertiary/aromatic N) is 3. The molecule has 4 rings (SSSR count). The van der Waals surface area contributed by atoms with Gasteiger partial charge < -0.3 is 4.90 Å². The lowest BCUT2D eigenvalue weighted by atomic mass is 9.75. The van der Waals surface area contributed by atoms with Gasteiger partial charge >= 0.3 is 0 Å². The molecule has 27 heavy (non-hydrogen) atoms. The van der Waals surface area contributed by atoms with Gasteiger partial charge in [0.05, 0.1) is 6.04 Å². The van der Waals surface area contributed by atoms with Crippen LogP contribution >= 0.6 is 0 Å². The summed E-state index contributed by atoms with van der Waals surface area (Å²) in [6.45, 7) is 8.36. The molecule has 2 aliphatic rings. The van der Waals surface area contributed by atoms with Gasteiger partial charge in [-0.3, -0.25) is 14.7 Å². The minimum Gasteiger partial charge on any atom is -0.339 e. The van der Waals surface area contributed by atoms with Crippen LogP contribution in [0.25, 0.3) is 0 Å². The van der Waals surface area contributed by atoms with Crippen molar-refractivity contribution in [1.82, 2.24) is 14.8 Å². The van der Waals surface area contributed by atoms with Crippen molar-refractivity contribution in [1.29, 1.82) is 0 Å². The van der Waals surface area contributed by atoms with Crippen LogP contribution in [0.5, 0.6) is 0 Å². The fraction of sp³-hybridized carbons (Fsp3) is 0.478. The smallest absolute Gasteiger partial charge is 0.222 e. The topological polar surface area (TPSA) is 36.4 Å². The number of fused-ring (bicyclic) bond motifs is 3. The van der Waals surface area contributed by atoms with Crippen molar-refractivity contribution in [3.63, 3.8) is 0 Å². The van der Waals surface area contributed by atoms with E-state index in [9.17, 15) is 4.79 Å². The lowest BCUT2D eigenvalue weighted by Gasteiger charge is -2.50. The molecule has 0 aliphatic carbocycles. The zero-order valence-electron chi connectivity index (χ0n) is 16.4. The van der Waals surface area contributed by atoms with E-state index in [1.165, 1.54) is 16.7 Å². The Kier molecular flexibility index (Phi) is 5.00. The molecule has 0 spiro atoms. The second-order valence-electron chi connectivity index (χ2n) is 8.51. The molecule has 1 amide bonds. The number of piperazine rings is 1. The average Bonchev–Trinajstić information content (AvgIpc) is 2.68. The first-order chi connectivity index (χ1) is 13.0. The number of carbonyl (C=O) groups excluding carboxylic acids is 1. The third kappa shape index (κ3) is 3.77. The Hall–Kier alpha value is -2.20. The first-order valence-electron chi connectivity index (χ1n) is 10.0. The van der Waals surface area contributed by atoms with Crippen LogP contribution in [-0.4, -0.2) is 46.9 Å². The Balaban J connectivity index is 1.40. The predicted molar refractivity (Wildman–Crippen MR) is 108 cm³/mol. The lowest BCUT2D eigenvalue weighted by Crippen LogP contribution is -2.55. The van der Waals surface area contributed by atoms with Gasteiger partial charge in [0.15, 0.2) is 0 Å². The van der Waals surface area contributed by atoms with E-state index in [-0.39, 0.29) is 5.41 Å². The number of rotatable bonds is 4. The Labute approximate surface area is 162 Å². The van der Waals surface area contributed by atoms with Crippen LogP contribution in [0.1, 0.15) is 49.4 Å². The molecule has 2 aliphatic heterocycles. The zero-order valence-corrected chi connectivity index (χ0v) is 16.4. The summed E-state index contributed by atoms with van der Waals surface area (Å²) in [5.41, 5.74) is 4.22. The quantitative estimate of drug-likeness (QED) is 0.833. The van der Waals surface area contributed by atoms with Gasteiger partial charge in [0.1, 0.15) is 0 Å². The van der Waals surface area contributed by atoms with Gasteiger partial charge in [-0.05, 0) is 35.6 Å². The number of hydrogen-bond acceptors (Lipinski definition) is 3. The average molecular weight is 364 g/mol. The number of benzene rings is 1. The molecule has 4 nitrogen and oxygen atoms in total. The van der Waals surface area contributed by atoms with Crippen LogP contribution in [0.4, 0.5) is 0 Å². The van der Waals surface area contributed by atoms with Crippen molar-refractivity contribution in [2.45, 2.75) is 44.6 Å². The van der Waals surface area contributed by atoms with Crippen molar-refractivity contribution in [2.75, 3.05) is 26.2 Å². The standard InChI is InChI=1S/C23H29N3O/c1-23(2)17-26-14-13-25(16-21(26)19-9-3-4-10-20(19)23)22(27)11-5-7-18-8-6-12-24-15-18/h3-4,6,8-10,12,15,21H,5,7,11,13-14,16-17H2,1-2H3. The molecular weight excluding hydrogens is 334 g/mol. The minimum absolute atomic E-state index is 0.170. The Morgan fingerprint density at radius 2 is 2.04 bits per heavy atom. The monoisotopic (exact) mass is 363 g/mol. The molecule has 0 saturated carbocycles.